The minimum absolute atomic E-state index is 0.0601. The smallest absolute Gasteiger partial charge is 0.0716 e. The fourth-order valence-corrected chi connectivity index (χ4v) is 7.21. The Hall–Kier alpha value is -5.86. The molecule has 0 radical (unpaired) electrons. The van der Waals surface area contributed by atoms with Crippen molar-refractivity contribution in [3.8, 4) is 44.6 Å². The van der Waals surface area contributed by atoms with Crippen LogP contribution in [0.4, 0.5) is 0 Å². The number of fused-ring (bicyclic) bond motifs is 2. The maximum atomic E-state index is 5.24. The highest BCUT2D eigenvalue weighted by atomic mass is 14.7. The maximum absolute atomic E-state index is 5.24. The van der Waals surface area contributed by atoms with E-state index in [1.807, 2.05) is 0 Å². The summed E-state index contributed by atoms with van der Waals surface area (Å²) < 4.78 is 0. The molecule has 0 N–H and O–H groups in total. The topological polar surface area (TPSA) is 25.8 Å². The fraction of sp³-hybridized carbons (Fsp3) is 0.176. The second-order valence-corrected chi connectivity index (χ2v) is 16.4. The van der Waals surface area contributed by atoms with Gasteiger partial charge in [0.1, 0.15) is 0 Å². The molecule has 6 aromatic carbocycles. The number of hydrogen-bond acceptors (Lipinski definition) is 2. The van der Waals surface area contributed by atoms with Crippen molar-refractivity contribution in [1.82, 2.24) is 9.97 Å². The monoisotopic (exact) mass is 686 g/mol. The SMILES string of the molecule is CC(C)(C)c1ccc(Cc2ccc(-c3cc(-c4ccccc4)c4cc(-c5ccc6nc(C(C)(C)C)cc(-c7ccccc7)c6c5)ccc4n3)cc2)cc1. The van der Waals surface area contributed by atoms with Crippen LogP contribution in [0.5, 0.6) is 0 Å². The normalized spacial score (nSPS) is 12.0. The van der Waals surface area contributed by atoms with Gasteiger partial charge in [-0.2, -0.15) is 0 Å². The molecule has 0 aliphatic heterocycles. The van der Waals surface area contributed by atoms with Crippen LogP contribution in [0.15, 0.2) is 158 Å². The van der Waals surface area contributed by atoms with E-state index in [1.54, 1.807) is 0 Å². The Morgan fingerprint density at radius 1 is 0.396 bits per heavy atom. The molecule has 0 spiro atoms. The van der Waals surface area contributed by atoms with Crippen LogP contribution in [0.3, 0.4) is 0 Å². The molecule has 2 aromatic heterocycles. The predicted molar refractivity (Wildman–Crippen MR) is 225 cm³/mol. The van der Waals surface area contributed by atoms with Gasteiger partial charge in [0.05, 0.1) is 16.7 Å². The molecule has 2 heteroatoms. The zero-order valence-electron chi connectivity index (χ0n) is 31.6. The zero-order chi connectivity index (χ0) is 36.7. The lowest BCUT2D eigenvalue weighted by Gasteiger charge is -2.20. The molecule has 8 aromatic rings. The number of benzene rings is 6. The molecule has 0 unspecified atom stereocenters. The molecule has 0 saturated carbocycles. The van der Waals surface area contributed by atoms with E-state index < -0.39 is 0 Å². The zero-order valence-corrected chi connectivity index (χ0v) is 31.6. The summed E-state index contributed by atoms with van der Waals surface area (Å²) in [5.41, 5.74) is 16.3. The first-order chi connectivity index (χ1) is 25.5. The van der Waals surface area contributed by atoms with Crippen LogP contribution in [0.2, 0.25) is 0 Å². The van der Waals surface area contributed by atoms with Gasteiger partial charge in [0.15, 0.2) is 0 Å². The first-order valence-corrected chi connectivity index (χ1v) is 18.7. The predicted octanol–water partition coefficient (Wildman–Crippen LogP) is 13.6. The summed E-state index contributed by atoms with van der Waals surface area (Å²) in [6, 6.07) is 57.3. The van der Waals surface area contributed by atoms with Gasteiger partial charge in [-0.1, -0.05) is 163 Å². The number of pyridine rings is 2. The Balaban J connectivity index is 1.18. The molecular formula is C51H46N2. The number of nitrogens with zero attached hydrogens (tertiary/aromatic N) is 2. The molecular weight excluding hydrogens is 641 g/mol. The van der Waals surface area contributed by atoms with Crippen molar-refractivity contribution < 1.29 is 0 Å². The minimum atomic E-state index is -0.0601. The first kappa shape index (κ1) is 34.2. The third kappa shape index (κ3) is 7.15. The van der Waals surface area contributed by atoms with Gasteiger partial charge < -0.3 is 0 Å². The number of rotatable bonds is 6. The average molecular weight is 687 g/mol. The molecule has 0 aliphatic rings. The van der Waals surface area contributed by atoms with Crippen molar-refractivity contribution in [3.63, 3.8) is 0 Å². The van der Waals surface area contributed by atoms with Crippen LogP contribution >= 0.6 is 0 Å². The lowest BCUT2D eigenvalue weighted by molar-refractivity contribution is 0.572. The van der Waals surface area contributed by atoms with E-state index in [4.69, 9.17) is 9.97 Å². The van der Waals surface area contributed by atoms with Crippen molar-refractivity contribution in [2.24, 2.45) is 0 Å². The quantitative estimate of drug-likeness (QED) is 0.174. The second kappa shape index (κ2) is 13.6. The van der Waals surface area contributed by atoms with E-state index >= 15 is 0 Å². The highest BCUT2D eigenvalue weighted by Gasteiger charge is 2.20. The molecule has 0 amide bonds. The summed E-state index contributed by atoms with van der Waals surface area (Å²) in [6.07, 6.45) is 0.906. The minimum Gasteiger partial charge on any atom is -0.252 e. The lowest BCUT2D eigenvalue weighted by Crippen LogP contribution is -2.13. The first-order valence-electron chi connectivity index (χ1n) is 18.7. The molecule has 0 bridgehead atoms. The molecule has 0 fully saturated rings. The fourth-order valence-electron chi connectivity index (χ4n) is 7.21. The highest BCUT2D eigenvalue weighted by molar-refractivity contribution is 6.01. The summed E-state index contributed by atoms with van der Waals surface area (Å²) in [6.45, 7) is 13.5. The van der Waals surface area contributed by atoms with Crippen LogP contribution in [0.25, 0.3) is 66.4 Å². The molecule has 8 rings (SSSR count). The summed E-state index contributed by atoms with van der Waals surface area (Å²) in [4.78, 5) is 10.4. The van der Waals surface area contributed by atoms with Gasteiger partial charge in [-0.15, -0.1) is 0 Å². The molecule has 0 atom stereocenters. The Morgan fingerprint density at radius 3 is 1.38 bits per heavy atom. The van der Waals surface area contributed by atoms with Crippen molar-refractivity contribution in [2.75, 3.05) is 0 Å². The third-order valence-corrected chi connectivity index (χ3v) is 10.4. The molecule has 260 valence electrons. The van der Waals surface area contributed by atoms with Crippen LogP contribution in [0.1, 0.15) is 63.9 Å². The molecule has 2 nitrogen and oxygen atoms in total. The van der Waals surface area contributed by atoms with Crippen molar-refractivity contribution in [3.05, 3.63) is 180 Å². The summed E-state index contributed by atoms with van der Waals surface area (Å²) in [5.74, 6) is 0. The van der Waals surface area contributed by atoms with E-state index in [9.17, 15) is 0 Å². The molecule has 53 heavy (non-hydrogen) atoms. The second-order valence-electron chi connectivity index (χ2n) is 16.4. The number of aromatic nitrogens is 2. The molecule has 0 aliphatic carbocycles. The van der Waals surface area contributed by atoms with Crippen molar-refractivity contribution in [1.29, 1.82) is 0 Å². The summed E-state index contributed by atoms with van der Waals surface area (Å²) >= 11 is 0. The lowest BCUT2D eigenvalue weighted by atomic mass is 9.86. The molecule has 0 saturated heterocycles. The standard InChI is InChI=1S/C51H46N2/c1-50(2,3)41-25-19-35(20-26-41)29-34-17-21-38(22-18-34)48-32-42(36-13-9-7-10-14-36)44-30-39(23-27-46(44)52-48)40-24-28-47-45(31-40)43(37-15-11-8-12-16-37)33-49(53-47)51(4,5)6/h7-28,30-33H,29H2,1-6H3. The average Bonchev–Trinajstić information content (AvgIpc) is 3.17. The van der Waals surface area contributed by atoms with Crippen molar-refractivity contribution in [2.45, 2.75) is 58.8 Å². The van der Waals surface area contributed by atoms with Gasteiger partial charge >= 0.3 is 0 Å². The van der Waals surface area contributed by atoms with Crippen LogP contribution in [-0.4, -0.2) is 9.97 Å². The Bertz CT molecular complexity index is 2550. The van der Waals surface area contributed by atoms with Gasteiger partial charge in [0.25, 0.3) is 0 Å². The van der Waals surface area contributed by atoms with E-state index in [-0.39, 0.29) is 10.8 Å². The highest BCUT2D eigenvalue weighted by Crippen LogP contribution is 2.38. The Morgan fingerprint density at radius 2 is 0.868 bits per heavy atom. The van der Waals surface area contributed by atoms with Crippen LogP contribution < -0.4 is 0 Å². The van der Waals surface area contributed by atoms with Gasteiger partial charge in [-0.05, 0) is 98.3 Å². The largest absolute Gasteiger partial charge is 0.252 e. The number of hydrogen-bond donors (Lipinski definition) is 0. The Labute approximate surface area is 314 Å². The van der Waals surface area contributed by atoms with E-state index in [2.05, 4.69) is 199 Å². The van der Waals surface area contributed by atoms with Gasteiger partial charge in [-0.25, -0.2) is 4.98 Å². The van der Waals surface area contributed by atoms with Crippen LogP contribution in [-0.2, 0) is 17.3 Å². The maximum Gasteiger partial charge on any atom is 0.0716 e. The van der Waals surface area contributed by atoms with E-state index in [0.717, 1.165) is 56.3 Å². The van der Waals surface area contributed by atoms with Crippen molar-refractivity contribution >= 4 is 21.8 Å². The van der Waals surface area contributed by atoms with E-state index in [0.29, 0.717) is 0 Å². The van der Waals surface area contributed by atoms with Gasteiger partial charge in [-0.3, -0.25) is 4.98 Å². The third-order valence-electron chi connectivity index (χ3n) is 10.4. The van der Waals surface area contributed by atoms with E-state index in [1.165, 1.54) is 38.9 Å². The van der Waals surface area contributed by atoms with Crippen LogP contribution in [0, 0.1) is 0 Å². The van der Waals surface area contributed by atoms with Gasteiger partial charge in [0.2, 0.25) is 0 Å². The summed E-state index contributed by atoms with van der Waals surface area (Å²) in [7, 11) is 0. The summed E-state index contributed by atoms with van der Waals surface area (Å²) in [5, 5.41) is 2.29. The van der Waals surface area contributed by atoms with Gasteiger partial charge in [0, 0.05) is 27.4 Å². The molecule has 2 heterocycles. The Kier molecular flexibility index (Phi) is 8.79.